The first-order valence-electron chi connectivity index (χ1n) is 12.4. The van der Waals surface area contributed by atoms with Crippen molar-refractivity contribution in [2.75, 3.05) is 39.8 Å². The Hall–Kier alpha value is -2.17. The summed E-state index contributed by atoms with van der Waals surface area (Å²) in [6.07, 6.45) is 11.4. The number of nitrogens with zero attached hydrogens (tertiary/aromatic N) is 2. The quantitative estimate of drug-likeness (QED) is 0.431. The zero-order valence-corrected chi connectivity index (χ0v) is 20.2. The van der Waals surface area contributed by atoms with Gasteiger partial charge in [-0.1, -0.05) is 43.8 Å². The predicted octanol–water partition coefficient (Wildman–Crippen LogP) is 5.09. The first-order chi connectivity index (χ1) is 15.7. The number of aromatic nitrogens is 1. The third kappa shape index (κ3) is 7.75. The van der Waals surface area contributed by atoms with Crippen molar-refractivity contribution in [2.45, 2.75) is 51.4 Å². The second-order valence-electron chi connectivity index (χ2n) is 9.32. The van der Waals surface area contributed by atoms with Gasteiger partial charge in [-0.2, -0.15) is 0 Å². The van der Waals surface area contributed by atoms with Gasteiger partial charge in [-0.25, -0.2) is 0 Å². The highest BCUT2D eigenvalue weighted by Crippen LogP contribution is 2.27. The van der Waals surface area contributed by atoms with Crippen LogP contribution in [0.1, 0.15) is 61.6 Å². The number of likely N-dealkylation sites (tertiary alicyclic amines) is 1. The molecular formula is C28H42N4. The van der Waals surface area contributed by atoms with E-state index in [2.05, 4.69) is 70.4 Å². The summed E-state index contributed by atoms with van der Waals surface area (Å²) in [6, 6.07) is 13.1. The average Bonchev–Trinajstić information content (AvgIpc) is 2.84. The second kappa shape index (κ2) is 13.4. The number of hydrogen-bond acceptors (Lipinski definition) is 4. The number of piperidine rings is 1. The number of nitrogens with one attached hydrogen (secondary N) is 2. The molecule has 1 unspecified atom stereocenters. The standard InChI is InChI=1S/C28H42N4/c1-23(8-7-16-29-3)27-13-17-30-22-28(27)24(2)31-18-21-32-19-14-26(15-20-32)12-11-25-9-5-4-6-10-25/h4-6,9-10,13,17,22-23,26,29,31H,2,7-8,11-12,14-16,18-21H2,1,3H3. The van der Waals surface area contributed by atoms with Gasteiger partial charge in [0.25, 0.3) is 0 Å². The fourth-order valence-electron chi connectivity index (χ4n) is 4.80. The lowest BCUT2D eigenvalue weighted by Gasteiger charge is -2.32. The van der Waals surface area contributed by atoms with Crippen LogP contribution >= 0.6 is 0 Å². The molecule has 1 fully saturated rings. The number of benzene rings is 1. The summed E-state index contributed by atoms with van der Waals surface area (Å²) < 4.78 is 0. The number of aryl methyl sites for hydroxylation is 1. The molecule has 0 amide bonds. The highest BCUT2D eigenvalue weighted by molar-refractivity contribution is 5.64. The second-order valence-corrected chi connectivity index (χ2v) is 9.32. The molecule has 0 radical (unpaired) electrons. The highest BCUT2D eigenvalue weighted by Gasteiger charge is 2.19. The first kappa shape index (κ1) is 24.5. The maximum absolute atomic E-state index is 4.37. The van der Waals surface area contributed by atoms with E-state index >= 15 is 0 Å². The van der Waals surface area contributed by atoms with E-state index in [1.54, 1.807) is 0 Å². The van der Waals surface area contributed by atoms with Crippen molar-refractivity contribution in [3.63, 3.8) is 0 Å². The van der Waals surface area contributed by atoms with Crippen LogP contribution in [0.5, 0.6) is 0 Å². The van der Waals surface area contributed by atoms with E-state index in [1.807, 2.05) is 19.4 Å². The van der Waals surface area contributed by atoms with Crippen molar-refractivity contribution in [2.24, 2.45) is 5.92 Å². The van der Waals surface area contributed by atoms with Crippen LogP contribution in [-0.4, -0.2) is 49.7 Å². The number of hydrogen-bond donors (Lipinski definition) is 2. The van der Waals surface area contributed by atoms with E-state index < -0.39 is 0 Å². The van der Waals surface area contributed by atoms with E-state index in [-0.39, 0.29) is 0 Å². The van der Waals surface area contributed by atoms with Crippen molar-refractivity contribution in [3.8, 4) is 0 Å². The van der Waals surface area contributed by atoms with Gasteiger partial charge in [0, 0.05) is 36.7 Å². The maximum atomic E-state index is 4.37. The number of rotatable bonds is 13. The van der Waals surface area contributed by atoms with Crippen LogP contribution in [0.2, 0.25) is 0 Å². The molecule has 1 saturated heterocycles. The van der Waals surface area contributed by atoms with Gasteiger partial charge < -0.3 is 15.5 Å². The maximum Gasteiger partial charge on any atom is 0.0363 e. The van der Waals surface area contributed by atoms with Crippen LogP contribution in [0.4, 0.5) is 0 Å². The van der Waals surface area contributed by atoms with Crippen molar-refractivity contribution in [1.82, 2.24) is 20.5 Å². The normalized spacial score (nSPS) is 16.1. The molecular weight excluding hydrogens is 392 g/mol. The topological polar surface area (TPSA) is 40.2 Å². The molecule has 3 rings (SSSR count). The van der Waals surface area contributed by atoms with Crippen molar-refractivity contribution in [3.05, 3.63) is 72.1 Å². The van der Waals surface area contributed by atoms with Crippen LogP contribution in [0.25, 0.3) is 5.70 Å². The van der Waals surface area contributed by atoms with E-state index in [0.29, 0.717) is 5.92 Å². The summed E-state index contributed by atoms with van der Waals surface area (Å²) in [6.45, 7) is 12.2. The van der Waals surface area contributed by atoms with Gasteiger partial charge in [0.2, 0.25) is 0 Å². The molecule has 0 saturated carbocycles. The molecule has 174 valence electrons. The smallest absolute Gasteiger partial charge is 0.0363 e. The Morgan fingerprint density at radius 3 is 2.69 bits per heavy atom. The molecule has 1 aliphatic heterocycles. The van der Waals surface area contributed by atoms with Crippen LogP contribution in [0.15, 0.2) is 55.4 Å². The van der Waals surface area contributed by atoms with Gasteiger partial charge in [0.05, 0.1) is 0 Å². The molecule has 0 bridgehead atoms. The largest absolute Gasteiger partial charge is 0.384 e. The Bertz CT molecular complexity index is 796. The Kier molecular flexibility index (Phi) is 10.2. The summed E-state index contributed by atoms with van der Waals surface area (Å²) >= 11 is 0. The Labute approximate surface area is 195 Å². The van der Waals surface area contributed by atoms with Crippen molar-refractivity contribution in [1.29, 1.82) is 0 Å². The lowest BCUT2D eigenvalue weighted by molar-refractivity contribution is 0.181. The Morgan fingerprint density at radius 1 is 1.16 bits per heavy atom. The van der Waals surface area contributed by atoms with Crippen LogP contribution in [0, 0.1) is 5.92 Å². The minimum Gasteiger partial charge on any atom is -0.384 e. The van der Waals surface area contributed by atoms with Gasteiger partial charge >= 0.3 is 0 Å². The third-order valence-electron chi connectivity index (χ3n) is 6.93. The summed E-state index contributed by atoms with van der Waals surface area (Å²) in [5.41, 5.74) is 5.01. The summed E-state index contributed by atoms with van der Waals surface area (Å²) in [5.74, 6) is 1.38. The fourth-order valence-corrected chi connectivity index (χ4v) is 4.80. The minimum absolute atomic E-state index is 0.509. The molecule has 1 aromatic heterocycles. The Balaban J connectivity index is 1.37. The van der Waals surface area contributed by atoms with Gasteiger partial charge in [-0.05, 0) is 94.2 Å². The van der Waals surface area contributed by atoms with Gasteiger partial charge in [0.1, 0.15) is 0 Å². The lowest BCUT2D eigenvalue weighted by Crippen LogP contribution is -2.38. The molecule has 2 aromatic rings. The van der Waals surface area contributed by atoms with E-state index in [1.165, 1.54) is 68.3 Å². The monoisotopic (exact) mass is 434 g/mol. The Morgan fingerprint density at radius 2 is 1.94 bits per heavy atom. The first-order valence-corrected chi connectivity index (χ1v) is 12.4. The summed E-state index contributed by atoms with van der Waals surface area (Å²) in [4.78, 5) is 6.97. The molecule has 2 heterocycles. The zero-order chi connectivity index (χ0) is 22.6. The molecule has 1 aromatic carbocycles. The van der Waals surface area contributed by atoms with E-state index in [0.717, 1.165) is 31.2 Å². The predicted molar refractivity (Wildman–Crippen MR) is 137 cm³/mol. The molecule has 1 atom stereocenters. The molecule has 0 aliphatic carbocycles. The minimum atomic E-state index is 0.509. The zero-order valence-electron chi connectivity index (χ0n) is 20.2. The fraction of sp³-hybridized carbons (Fsp3) is 0.536. The van der Waals surface area contributed by atoms with E-state index in [9.17, 15) is 0 Å². The summed E-state index contributed by atoms with van der Waals surface area (Å²) in [5, 5.41) is 6.82. The average molecular weight is 435 g/mol. The molecule has 4 nitrogen and oxygen atoms in total. The highest BCUT2D eigenvalue weighted by atomic mass is 15.1. The van der Waals surface area contributed by atoms with Crippen molar-refractivity contribution >= 4 is 5.70 Å². The molecule has 1 aliphatic rings. The SMILES string of the molecule is C=C(NCCN1CCC(CCc2ccccc2)CC1)c1cnccc1C(C)CCCNC. The van der Waals surface area contributed by atoms with Crippen LogP contribution in [-0.2, 0) is 6.42 Å². The number of pyridine rings is 1. The van der Waals surface area contributed by atoms with Gasteiger partial charge in [-0.3, -0.25) is 4.98 Å². The van der Waals surface area contributed by atoms with Crippen molar-refractivity contribution < 1.29 is 0 Å². The molecule has 4 heteroatoms. The molecule has 32 heavy (non-hydrogen) atoms. The van der Waals surface area contributed by atoms with Crippen LogP contribution in [0.3, 0.4) is 0 Å². The molecule has 0 spiro atoms. The molecule has 2 N–H and O–H groups in total. The van der Waals surface area contributed by atoms with Gasteiger partial charge in [0.15, 0.2) is 0 Å². The van der Waals surface area contributed by atoms with Crippen LogP contribution < -0.4 is 10.6 Å². The van der Waals surface area contributed by atoms with E-state index in [4.69, 9.17) is 0 Å². The summed E-state index contributed by atoms with van der Waals surface area (Å²) in [7, 11) is 2.02. The van der Waals surface area contributed by atoms with Gasteiger partial charge in [-0.15, -0.1) is 0 Å². The lowest BCUT2D eigenvalue weighted by atomic mass is 9.90. The third-order valence-corrected chi connectivity index (χ3v) is 6.93.